The average molecular weight is 323 g/mol. The third-order valence-corrected chi connectivity index (χ3v) is 5.28. The van der Waals surface area contributed by atoms with Crippen molar-refractivity contribution in [3.63, 3.8) is 0 Å². The minimum atomic E-state index is -0.0423. The number of aliphatic hydroxyl groups excluding tert-OH is 1. The number of aliphatic hydroxyl groups is 1. The zero-order valence-electron chi connectivity index (χ0n) is 14.3. The quantitative estimate of drug-likeness (QED) is 0.835. The first-order chi connectivity index (χ1) is 11.2. The summed E-state index contributed by atoms with van der Waals surface area (Å²) in [6, 6.07) is 0.589. The van der Waals surface area contributed by atoms with Gasteiger partial charge in [-0.05, 0) is 32.9 Å². The molecule has 0 spiro atoms. The molecule has 0 saturated carbocycles. The van der Waals surface area contributed by atoms with E-state index in [1.54, 1.807) is 0 Å². The Labute approximate surface area is 138 Å². The minimum Gasteiger partial charge on any atom is -0.388 e. The van der Waals surface area contributed by atoms with E-state index in [0.717, 1.165) is 64.6 Å². The van der Waals surface area contributed by atoms with E-state index in [4.69, 9.17) is 4.74 Å². The molecule has 7 nitrogen and oxygen atoms in total. The molecule has 2 aliphatic heterocycles. The van der Waals surface area contributed by atoms with Crippen LogP contribution in [0.3, 0.4) is 0 Å². The van der Waals surface area contributed by atoms with Crippen LogP contribution in [0.4, 0.5) is 0 Å². The Kier molecular flexibility index (Phi) is 5.63. The molecule has 7 heteroatoms. The van der Waals surface area contributed by atoms with Crippen LogP contribution in [0.2, 0.25) is 0 Å². The van der Waals surface area contributed by atoms with E-state index in [9.17, 15) is 5.11 Å². The number of hydrogen-bond acceptors (Lipinski definition) is 6. The second kappa shape index (κ2) is 7.70. The first-order valence-electron chi connectivity index (χ1n) is 8.72. The fourth-order valence-electron chi connectivity index (χ4n) is 3.75. The lowest BCUT2D eigenvalue weighted by molar-refractivity contribution is 0.0106. The maximum Gasteiger partial charge on any atom is 0.158 e. The van der Waals surface area contributed by atoms with Gasteiger partial charge in [0.2, 0.25) is 0 Å². The first-order valence-corrected chi connectivity index (χ1v) is 8.72. The van der Waals surface area contributed by atoms with Crippen LogP contribution >= 0.6 is 0 Å². The van der Waals surface area contributed by atoms with E-state index in [0.29, 0.717) is 17.8 Å². The fourth-order valence-corrected chi connectivity index (χ4v) is 3.75. The summed E-state index contributed by atoms with van der Waals surface area (Å²) in [5.41, 5.74) is 0. The van der Waals surface area contributed by atoms with Gasteiger partial charge in [-0.2, -0.15) is 0 Å². The van der Waals surface area contributed by atoms with Crippen molar-refractivity contribution in [1.82, 2.24) is 24.6 Å². The van der Waals surface area contributed by atoms with Crippen LogP contribution in [0.5, 0.6) is 0 Å². The van der Waals surface area contributed by atoms with Gasteiger partial charge in [0.25, 0.3) is 0 Å². The molecule has 1 atom stereocenters. The molecule has 23 heavy (non-hydrogen) atoms. The summed E-state index contributed by atoms with van der Waals surface area (Å²) in [5.74, 6) is 2.14. The van der Waals surface area contributed by atoms with Crippen LogP contribution in [-0.2, 0) is 18.4 Å². The van der Waals surface area contributed by atoms with Crippen molar-refractivity contribution < 1.29 is 9.84 Å². The summed E-state index contributed by atoms with van der Waals surface area (Å²) < 4.78 is 7.39. The lowest BCUT2D eigenvalue weighted by Crippen LogP contribution is -2.48. The number of hydrogen-bond donors (Lipinski definition) is 1. The van der Waals surface area contributed by atoms with Gasteiger partial charge < -0.3 is 19.3 Å². The van der Waals surface area contributed by atoms with Crippen LogP contribution < -0.4 is 0 Å². The van der Waals surface area contributed by atoms with Crippen molar-refractivity contribution in [3.8, 4) is 0 Å². The highest BCUT2D eigenvalue weighted by atomic mass is 16.5. The molecule has 2 fully saturated rings. The third-order valence-electron chi connectivity index (χ3n) is 5.28. The Hall–Kier alpha value is -1.02. The van der Waals surface area contributed by atoms with Gasteiger partial charge in [0.1, 0.15) is 12.4 Å². The average Bonchev–Trinajstić information content (AvgIpc) is 2.97. The van der Waals surface area contributed by atoms with E-state index in [-0.39, 0.29) is 6.61 Å². The molecule has 1 N–H and O–H groups in total. The highest BCUT2D eigenvalue weighted by Crippen LogP contribution is 2.27. The zero-order chi connectivity index (χ0) is 16.2. The normalized spacial score (nSPS) is 23.3. The molecule has 3 heterocycles. The van der Waals surface area contributed by atoms with Crippen LogP contribution in [0, 0.1) is 0 Å². The summed E-state index contributed by atoms with van der Waals surface area (Å²) in [6.45, 7) is 9.49. The van der Waals surface area contributed by atoms with Gasteiger partial charge in [-0.25, -0.2) is 0 Å². The van der Waals surface area contributed by atoms with E-state index in [2.05, 4.69) is 26.9 Å². The van der Waals surface area contributed by atoms with Crippen LogP contribution in [0.1, 0.15) is 37.3 Å². The van der Waals surface area contributed by atoms with E-state index in [1.165, 1.54) is 0 Å². The Morgan fingerprint density at radius 3 is 2.48 bits per heavy atom. The zero-order valence-corrected chi connectivity index (χ0v) is 14.3. The fraction of sp³-hybridized carbons (Fsp3) is 0.875. The number of nitrogens with zero attached hydrogens (tertiary/aromatic N) is 5. The number of morpholine rings is 1. The molecule has 1 aromatic rings. The molecule has 0 radical (unpaired) electrons. The highest BCUT2D eigenvalue weighted by Gasteiger charge is 2.27. The summed E-state index contributed by atoms with van der Waals surface area (Å²) >= 11 is 0. The second-order valence-electron chi connectivity index (χ2n) is 6.76. The standard InChI is InChI=1S/C16H29N5O2/c1-13(21-7-9-23-10-8-21)11-20-5-3-14(4-6-20)16-18-17-15(12-22)19(16)2/h13-14,22H,3-12H2,1-2H3/t13-/m0/s1. The van der Waals surface area contributed by atoms with Crippen molar-refractivity contribution in [2.45, 2.75) is 38.3 Å². The summed E-state index contributed by atoms with van der Waals surface area (Å²) in [5, 5.41) is 17.6. The smallest absolute Gasteiger partial charge is 0.158 e. The van der Waals surface area contributed by atoms with Crippen LogP contribution in [0.25, 0.3) is 0 Å². The first kappa shape index (κ1) is 16.8. The molecule has 0 aliphatic carbocycles. The maximum absolute atomic E-state index is 9.25. The molecule has 2 aliphatic rings. The van der Waals surface area contributed by atoms with Gasteiger partial charge in [-0.1, -0.05) is 0 Å². The maximum atomic E-state index is 9.25. The van der Waals surface area contributed by atoms with Gasteiger partial charge in [-0.15, -0.1) is 10.2 Å². The Morgan fingerprint density at radius 1 is 1.17 bits per heavy atom. The van der Waals surface area contributed by atoms with Gasteiger partial charge >= 0.3 is 0 Å². The molecule has 0 unspecified atom stereocenters. The molecule has 0 bridgehead atoms. The van der Waals surface area contributed by atoms with Crippen molar-refractivity contribution in [2.24, 2.45) is 7.05 Å². The van der Waals surface area contributed by atoms with Crippen molar-refractivity contribution in [2.75, 3.05) is 45.9 Å². The van der Waals surface area contributed by atoms with Gasteiger partial charge in [0.05, 0.1) is 13.2 Å². The predicted octanol–water partition coefficient (Wildman–Crippen LogP) is 0.208. The number of rotatable bonds is 5. The van der Waals surface area contributed by atoms with E-state index < -0.39 is 0 Å². The summed E-state index contributed by atoms with van der Waals surface area (Å²) in [4.78, 5) is 5.10. The molecule has 2 saturated heterocycles. The molecule has 0 amide bonds. The van der Waals surface area contributed by atoms with Crippen LogP contribution in [-0.4, -0.2) is 81.7 Å². The number of ether oxygens (including phenoxy) is 1. The molecular weight excluding hydrogens is 294 g/mol. The van der Waals surface area contributed by atoms with Crippen LogP contribution in [0.15, 0.2) is 0 Å². The molecule has 3 rings (SSSR count). The Balaban J connectivity index is 1.49. The van der Waals surface area contributed by atoms with Gasteiger partial charge in [0.15, 0.2) is 5.82 Å². The van der Waals surface area contributed by atoms with Crippen molar-refractivity contribution >= 4 is 0 Å². The molecule has 130 valence electrons. The van der Waals surface area contributed by atoms with Crippen molar-refractivity contribution in [1.29, 1.82) is 0 Å². The lowest BCUT2D eigenvalue weighted by Gasteiger charge is -2.38. The topological polar surface area (TPSA) is 66.7 Å². The summed E-state index contributed by atoms with van der Waals surface area (Å²) in [6.07, 6.45) is 2.24. The summed E-state index contributed by atoms with van der Waals surface area (Å²) in [7, 11) is 1.95. The molecular formula is C16H29N5O2. The monoisotopic (exact) mass is 323 g/mol. The number of piperidine rings is 1. The molecule has 1 aromatic heterocycles. The van der Waals surface area contributed by atoms with Gasteiger partial charge in [-0.3, -0.25) is 4.90 Å². The van der Waals surface area contributed by atoms with E-state index in [1.807, 2.05) is 11.6 Å². The highest BCUT2D eigenvalue weighted by molar-refractivity contribution is 5.02. The Morgan fingerprint density at radius 2 is 1.87 bits per heavy atom. The predicted molar refractivity (Wildman–Crippen MR) is 87.2 cm³/mol. The Bertz CT molecular complexity index is 493. The third kappa shape index (κ3) is 3.91. The minimum absolute atomic E-state index is 0.0423. The van der Waals surface area contributed by atoms with Crippen molar-refractivity contribution in [3.05, 3.63) is 11.6 Å². The molecule has 0 aromatic carbocycles. The van der Waals surface area contributed by atoms with E-state index >= 15 is 0 Å². The van der Waals surface area contributed by atoms with Gasteiger partial charge in [0, 0.05) is 38.6 Å². The SMILES string of the molecule is C[C@@H](CN1CCC(c2nnc(CO)n2C)CC1)N1CCOCC1. The number of likely N-dealkylation sites (tertiary alicyclic amines) is 1. The second-order valence-corrected chi connectivity index (χ2v) is 6.76. The number of aromatic nitrogens is 3. The lowest BCUT2D eigenvalue weighted by atomic mass is 9.95. The largest absolute Gasteiger partial charge is 0.388 e.